The lowest BCUT2D eigenvalue weighted by Crippen LogP contribution is -2.56. The molecule has 6 rings (SSSR count). The van der Waals surface area contributed by atoms with Crippen LogP contribution in [0.25, 0.3) is 0 Å². The first kappa shape index (κ1) is 37.0. The molecule has 2 aromatic rings. The summed E-state index contributed by atoms with van der Waals surface area (Å²) in [6.07, 6.45) is -11.0. The van der Waals surface area contributed by atoms with Gasteiger partial charge < -0.3 is 35.4 Å². The maximum atomic E-state index is 13.9. The number of ether oxygens (including phenoxy) is 1. The summed E-state index contributed by atoms with van der Waals surface area (Å²) < 4.78 is 88.7. The summed E-state index contributed by atoms with van der Waals surface area (Å²) in [6.45, 7) is 4.23. The molecule has 3 N–H and O–H groups in total. The smallest absolute Gasteiger partial charge is 0.418 e. The van der Waals surface area contributed by atoms with Crippen LogP contribution in [0.3, 0.4) is 0 Å². The van der Waals surface area contributed by atoms with Gasteiger partial charge in [-0.3, -0.25) is 9.69 Å². The maximum Gasteiger partial charge on any atom is 0.418 e. The quantitative estimate of drug-likeness (QED) is 0.310. The highest BCUT2D eigenvalue weighted by atomic mass is 32.1. The number of likely N-dealkylation sites (tertiary alicyclic amines) is 2. The molecule has 280 valence electrons. The fraction of sp³-hybridized carbons (Fsp3) is 0.606. The minimum atomic E-state index is -5.21. The Hall–Kier alpha value is -3.77. The number of amides is 4. The number of carbonyl (C=O) groups excluding carboxylic acids is 3. The molecule has 0 saturated carbocycles. The number of alkyl halides is 6. The molecule has 4 amide bonds. The first-order valence-electron chi connectivity index (χ1n) is 16.9. The topological polar surface area (TPSA) is 115 Å². The van der Waals surface area contributed by atoms with Gasteiger partial charge in [-0.2, -0.15) is 26.3 Å². The lowest BCUT2D eigenvalue weighted by molar-refractivity contribution is -0.143. The summed E-state index contributed by atoms with van der Waals surface area (Å²) >= 11 is 1.48. The SMILES string of the molecule is CN1CCC(N2CCN(C(=O)[C@@H](Cc3cc(C(F)(F)F)c(N)c(C(F)(F)F)c3)OC(=O)N3CCC(N4Cc5cscc5NC4=O)CC3)CC2)CC1. The summed E-state index contributed by atoms with van der Waals surface area (Å²) in [6, 6.07) is 0.866. The molecule has 1 aromatic heterocycles. The Morgan fingerprint density at radius 3 is 2.06 bits per heavy atom. The second-order valence-electron chi connectivity index (χ2n) is 13.7. The van der Waals surface area contributed by atoms with E-state index < -0.39 is 59.3 Å². The van der Waals surface area contributed by atoms with Crippen LogP contribution in [0.4, 0.5) is 47.3 Å². The Bertz CT molecular complexity index is 1560. The number of halogens is 6. The number of carbonyl (C=O) groups is 3. The van der Waals surface area contributed by atoms with E-state index in [1.54, 1.807) is 4.90 Å². The summed E-state index contributed by atoms with van der Waals surface area (Å²) in [5.41, 5.74) is 1.76. The summed E-state index contributed by atoms with van der Waals surface area (Å²) in [4.78, 5) is 49.2. The minimum absolute atomic E-state index is 0.165. The maximum absolute atomic E-state index is 13.9. The van der Waals surface area contributed by atoms with Crippen molar-refractivity contribution in [2.75, 3.05) is 70.5 Å². The van der Waals surface area contributed by atoms with E-state index in [-0.39, 0.29) is 38.3 Å². The van der Waals surface area contributed by atoms with Gasteiger partial charge >= 0.3 is 24.5 Å². The molecule has 1 aromatic carbocycles. The first-order valence-corrected chi connectivity index (χ1v) is 17.9. The fourth-order valence-electron chi connectivity index (χ4n) is 7.41. The molecule has 1 atom stereocenters. The van der Waals surface area contributed by atoms with Crippen LogP contribution in [0.5, 0.6) is 0 Å². The number of rotatable bonds is 6. The molecule has 11 nitrogen and oxygen atoms in total. The predicted octanol–water partition coefficient (Wildman–Crippen LogP) is 5.17. The number of urea groups is 1. The highest BCUT2D eigenvalue weighted by Crippen LogP contribution is 2.42. The van der Waals surface area contributed by atoms with Crippen molar-refractivity contribution in [2.45, 2.75) is 69.2 Å². The van der Waals surface area contributed by atoms with Crippen LogP contribution in [-0.2, 0) is 34.8 Å². The molecule has 0 bridgehead atoms. The number of piperidine rings is 2. The summed E-state index contributed by atoms with van der Waals surface area (Å²) in [5, 5.41) is 6.67. The van der Waals surface area contributed by atoms with Crippen LogP contribution >= 0.6 is 11.3 Å². The van der Waals surface area contributed by atoms with E-state index in [0.717, 1.165) is 37.2 Å². The Kier molecular flexibility index (Phi) is 10.7. The van der Waals surface area contributed by atoms with Crippen molar-refractivity contribution in [2.24, 2.45) is 0 Å². The van der Waals surface area contributed by atoms with Crippen LogP contribution in [0.2, 0.25) is 0 Å². The van der Waals surface area contributed by atoms with Gasteiger partial charge in [-0.05, 0) is 68.9 Å². The van der Waals surface area contributed by atoms with E-state index in [1.165, 1.54) is 21.1 Å². The van der Waals surface area contributed by atoms with Crippen molar-refractivity contribution in [3.05, 3.63) is 45.1 Å². The molecule has 51 heavy (non-hydrogen) atoms. The molecule has 3 saturated heterocycles. The number of nitrogens with two attached hydrogens (primary N) is 1. The van der Waals surface area contributed by atoms with Gasteiger partial charge in [0.25, 0.3) is 5.91 Å². The second kappa shape index (κ2) is 14.7. The van der Waals surface area contributed by atoms with E-state index >= 15 is 0 Å². The monoisotopic (exact) mass is 745 g/mol. The molecule has 0 aliphatic carbocycles. The predicted molar refractivity (Wildman–Crippen MR) is 177 cm³/mol. The van der Waals surface area contributed by atoms with Crippen LogP contribution in [0.1, 0.15) is 47.9 Å². The number of piperazine rings is 1. The Morgan fingerprint density at radius 2 is 1.47 bits per heavy atom. The van der Waals surface area contributed by atoms with Crippen LogP contribution in [0, 0.1) is 0 Å². The van der Waals surface area contributed by atoms with Gasteiger partial charge in [0.15, 0.2) is 6.10 Å². The molecule has 18 heteroatoms. The van der Waals surface area contributed by atoms with E-state index in [4.69, 9.17) is 10.5 Å². The van der Waals surface area contributed by atoms with Gasteiger partial charge in [0.2, 0.25) is 0 Å². The summed E-state index contributed by atoms with van der Waals surface area (Å²) in [7, 11) is 2.06. The Labute approximate surface area is 295 Å². The van der Waals surface area contributed by atoms with Crippen LogP contribution in [0.15, 0.2) is 22.9 Å². The lowest BCUT2D eigenvalue weighted by atomic mass is 9.97. The zero-order valence-electron chi connectivity index (χ0n) is 28.1. The van der Waals surface area contributed by atoms with Crippen molar-refractivity contribution in [1.82, 2.24) is 24.5 Å². The van der Waals surface area contributed by atoms with Crippen molar-refractivity contribution in [1.29, 1.82) is 0 Å². The molecular formula is C33H41F6N7O4S. The third kappa shape index (κ3) is 8.32. The Morgan fingerprint density at radius 1 is 0.882 bits per heavy atom. The van der Waals surface area contributed by atoms with Crippen molar-refractivity contribution < 1.29 is 45.5 Å². The largest absolute Gasteiger partial charge is 0.436 e. The number of thiophene rings is 1. The number of nitrogens with zero attached hydrogens (tertiary/aromatic N) is 5. The molecule has 4 aliphatic heterocycles. The average Bonchev–Trinajstić information content (AvgIpc) is 3.54. The average molecular weight is 746 g/mol. The molecule has 0 unspecified atom stereocenters. The highest BCUT2D eigenvalue weighted by Gasteiger charge is 2.42. The molecule has 0 radical (unpaired) electrons. The van der Waals surface area contributed by atoms with Gasteiger partial charge in [0, 0.05) is 68.7 Å². The van der Waals surface area contributed by atoms with E-state index in [2.05, 4.69) is 22.2 Å². The molecule has 5 heterocycles. The van der Waals surface area contributed by atoms with Crippen LogP contribution in [-0.4, -0.2) is 120 Å². The highest BCUT2D eigenvalue weighted by molar-refractivity contribution is 7.08. The van der Waals surface area contributed by atoms with Crippen molar-refractivity contribution >= 4 is 40.7 Å². The van der Waals surface area contributed by atoms with Crippen molar-refractivity contribution in [3.63, 3.8) is 0 Å². The number of fused-ring (bicyclic) bond motifs is 1. The van der Waals surface area contributed by atoms with Gasteiger partial charge in [-0.25, -0.2) is 9.59 Å². The minimum Gasteiger partial charge on any atom is -0.436 e. The molecular weight excluding hydrogens is 704 g/mol. The Balaban J connectivity index is 1.17. The zero-order valence-corrected chi connectivity index (χ0v) is 28.9. The van der Waals surface area contributed by atoms with Crippen LogP contribution < -0.4 is 11.1 Å². The number of anilines is 2. The van der Waals surface area contributed by atoms with Crippen molar-refractivity contribution in [3.8, 4) is 0 Å². The van der Waals surface area contributed by atoms with Gasteiger partial charge in [-0.15, -0.1) is 11.3 Å². The lowest BCUT2D eigenvalue weighted by Gasteiger charge is -2.43. The molecule has 4 aliphatic rings. The number of benzene rings is 1. The standard InChI is InChI=1S/C33H41F6N7O4S/c1-42-6-2-22(3-7-42)43-10-12-44(13-11-43)29(47)27(16-20-14-24(32(34,35)36)28(40)25(15-20)33(37,38)39)50-31(49)45-8-4-23(5-9-45)46-17-21-18-51-19-26(21)41-30(46)48/h14-15,18-19,22-23,27H,2-13,16-17,40H2,1H3,(H,41,48)/t27-/m1/s1. The summed E-state index contributed by atoms with van der Waals surface area (Å²) in [5.74, 6) is -0.697. The van der Waals surface area contributed by atoms with E-state index in [9.17, 15) is 40.7 Å². The van der Waals surface area contributed by atoms with Gasteiger partial charge in [-0.1, -0.05) is 0 Å². The van der Waals surface area contributed by atoms with Gasteiger partial charge in [0.1, 0.15) is 0 Å². The fourth-order valence-corrected chi connectivity index (χ4v) is 8.19. The van der Waals surface area contributed by atoms with E-state index in [0.29, 0.717) is 50.7 Å². The zero-order chi connectivity index (χ0) is 36.7. The normalized spacial score (nSPS) is 21.0. The molecule has 0 spiro atoms. The first-order chi connectivity index (χ1) is 24.1. The van der Waals surface area contributed by atoms with E-state index in [1.807, 2.05) is 10.8 Å². The number of nitrogens with one attached hydrogen (secondary N) is 1. The number of hydrogen-bond acceptors (Lipinski definition) is 8. The third-order valence-corrected chi connectivity index (χ3v) is 11.2. The number of nitrogen functional groups attached to an aromatic ring is 1. The second-order valence-corrected chi connectivity index (χ2v) is 14.4. The number of hydrogen-bond donors (Lipinski definition) is 2. The molecule has 3 fully saturated rings. The third-order valence-electron chi connectivity index (χ3n) is 10.4. The van der Waals surface area contributed by atoms with Gasteiger partial charge in [0.05, 0.1) is 29.0 Å².